The Kier molecular flexibility index (Phi) is 5.78. The van der Waals surface area contributed by atoms with Gasteiger partial charge in [-0.1, -0.05) is 6.92 Å². The Bertz CT molecular complexity index is 337. The molecule has 0 bridgehead atoms. The fourth-order valence-corrected chi connectivity index (χ4v) is 3.84. The fourth-order valence-electron chi connectivity index (χ4n) is 2.21. The van der Waals surface area contributed by atoms with Crippen molar-refractivity contribution < 1.29 is 18.9 Å². The highest BCUT2D eigenvalue weighted by molar-refractivity contribution is 7.85. The molecule has 0 aromatic carbocycles. The van der Waals surface area contributed by atoms with Gasteiger partial charge in [0.25, 0.3) is 0 Å². The van der Waals surface area contributed by atoms with Crippen molar-refractivity contribution in [1.29, 1.82) is 0 Å². The molecule has 1 aliphatic carbocycles. The number of rotatable bonds is 5. The smallest absolute Gasteiger partial charge is 0.327 e. The van der Waals surface area contributed by atoms with Crippen molar-refractivity contribution in [2.45, 2.75) is 50.8 Å². The molecule has 2 N–H and O–H groups in total. The Morgan fingerprint density at radius 1 is 1.33 bits per heavy atom. The molecule has 0 aromatic heterocycles. The molecular weight excluding hydrogens is 254 g/mol. The van der Waals surface area contributed by atoms with E-state index in [-0.39, 0.29) is 11.0 Å². The molecule has 104 valence electrons. The normalized spacial score (nSPS) is 27.2. The molecule has 1 unspecified atom stereocenters. The van der Waals surface area contributed by atoms with Crippen LogP contribution in [-0.2, 0) is 20.4 Å². The lowest BCUT2D eigenvalue weighted by Gasteiger charge is -2.26. The minimum absolute atomic E-state index is 0.00790. The molecule has 1 amide bonds. The third-order valence-electron chi connectivity index (χ3n) is 3.34. The minimum Gasteiger partial charge on any atom is -0.480 e. The fraction of sp³-hybridized carbons (Fsp3) is 0.833. The highest BCUT2D eigenvalue weighted by Crippen LogP contribution is 2.27. The highest BCUT2D eigenvalue weighted by atomic mass is 32.2. The summed E-state index contributed by atoms with van der Waals surface area (Å²) in [4.78, 5) is 21.8. The molecule has 0 aromatic rings. The summed E-state index contributed by atoms with van der Waals surface area (Å²) in [6.07, 6.45) is 3.88. The van der Waals surface area contributed by atoms with E-state index in [1.807, 2.05) is 0 Å². The van der Waals surface area contributed by atoms with Gasteiger partial charge in [0.15, 0.2) is 0 Å². The van der Waals surface area contributed by atoms with Crippen LogP contribution in [0, 0.1) is 5.92 Å². The van der Waals surface area contributed by atoms with E-state index in [0.717, 1.165) is 25.7 Å². The molecule has 6 heteroatoms. The largest absolute Gasteiger partial charge is 0.480 e. The Hall–Kier alpha value is -0.910. The maximum Gasteiger partial charge on any atom is 0.327 e. The van der Waals surface area contributed by atoms with E-state index in [9.17, 15) is 13.8 Å². The topological polar surface area (TPSA) is 83.5 Å². The molecule has 0 aliphatic heterocycles. The predicted octanol–water partition coefficient (Wildman–Crippen LogP) is 0.903. The van der Waals surface area contributed by atoms with E-state index in [1.165, 1.54) is 6.92 Å². The van der Waals surface area contributed by atoms with Crippen LogP contribution in [0.2, 0.25) is 0 Å². The number of carbonyl (C=O) groups is 2. The maximum absolute atomic E-state index is 12.1. The molecule has 0 saturated heterocycles. The number of carbonyl (C=O) groups excluding carboxylic acids is 1. The second kappa shape index (κ2) is 6.87. The van der Waals surface area contributed by atoms with E-state index in [4.69, 9.17) is 5.11 Å². The van der Waals surface area contributed by atoms with Gasteiger partial charge in [0.05, 0.1) is 5.75 Å². The molecule has 5 nitrogen and oxygen atoms in total. The Morgan fingerprint density at radius 3 is 2.33 bits per heavy atom. The lowest BCUT2D eigenvalue weighted by atomic mass is 9.91. The summed E-state index contributed by atoms with van der Waals surface area (Å²) in [6.45, 7) is 3.44. The molecule has 1 rings (SSSR count). The maximum atomic E-state index is 12.1. The summed E-state index contributed by atoms with van der Waals surface area (Å²) in [5, 5.41) is 11.4. The monoisotopic (exact) mass is 275 g/mol. The summed E-state index contributed by atoms with van der Waals surface area (Å²) in [5.41, 5.74) is 0. The number of hydrogen-bond donors (Lipinski definition) is 2. The van der Waals surface area contributed by atoms with Crippen molar-refractivity contribution in [3.8, 4) is 0 Å². The number of nitrogens with one attached hydrogen (secondary N) is 1. The lowest BCUT2D eigenvalue weighted by molar-refractivity contribution is -0.140. The van der Waals surface area contributed by atoms with Gasteiger partial charge in [0, 0.05) is 23.0 Å². The van der Waals surface area contributed by atoms with Gasteiger partial charge in [0.2, 0.25) is 5.91 Å². The van der Waals surface area contributed by atoms with Gasteiger partial charge in [-0.3, -0.25) is 9.00 Å². The number of hydrogen-bond acceptors (Lipinski definition) is 3. The van der Waals surface area contributed by atoms with E-state index in [2.05, 4.69) is 12.2 Å². The van der Waals surface area contributed by atoms with Crippen molar-refractivity contribution in [3.05, 3.63) is 0 Å². The average molecular weight is 275 g/mol. The number of aliphatic carboxylic acids is 1. The molecule has 1 fully saturated rings. The number of amides is 1. The van der Waals surface area contributed by atoms with E-state index in [0.29, 0.717) is 5.92 Å². The zero-order chi connectivity index (χ0) is 13.7. The second-order valence-electron chi connectivity index (χ2n) is 5.02. The van der Waals surface area contributed by atoms with Crippen LogP contribution in [0.3, 0.4) is 0 Å². The first-order chi connectivity index (χ1) is 8.40. The first-order valence-corrected chi connectivity index (χ1v) is 7.65. The van der Waals surface area contributed by atoms with Gasteiger partial charge in [-0.05, 0) is 31.6 Å². The standard InChI is InChI=1S/C12H21NO4S/c1-8-3-5-10(6-4-8)18(17)7-11(12(15)16)13-9(2)14/h8,10-11H,3-7H2,1-2H3,(H,13,14)(H,15,16)/t8?,10?,11-,18?/m0/s1. The zero-order valence-corrected chi connectivity index (χ0v) is 11.7. The quantitative estimate of drug-likeness (QED) is 0.781. The van der Waals surface area contributed by atoms with Crippen LogP contribution in [-0.4, -0.2) is 38.2 Å². The molecule has 1 aliphatic rings. The first-order valence-electron chi connectivity index (χ1n) is 6.27. The molecule has 2 atom stereocenters. The Balaban J connectivity index is 2.50. The molecular formula is C12H21NO4S. The Morgan fingerprint density at radius 2 is 1.89 bits per heavy atom. The minimum atomic E-state index is -1.18. The van der Waals surface area contributed by atoms with E-state index in [1.54, 1.807) is 0 Å². The third-order valence-corrected chi connectivity index (χ3v) is 5.22. The van der Waals surface area contributed by atoms with Crippen LogP contribution in [0.25, 0.3) is 0 Å². The van der Waals surface area contributed by atoms with Gasteiger partial charge in [-0.15, -0.1) is 0 Å². The average Bonchev–Trinajstić information content (AvgIpc) is 2.28. The van der Waals surface area contributed by atoms with Gasteiger partial charge in [0.1, 0.15) is 6.04 Å². The molecule has 18 heavy (non-hydrogen) atoms. The van der Waals surface area contributed by atoms with Crippen LogP contribution in [0.4, 0.5) is 0 Å². The van der Waals surface area contributed by atoms with Gasteiger partial charge in [-0.2, -0.15) is 0 Å². The summed E-state index contributed by atoms with van der Waals surface area (Å²) in [7, 11) is -1.18. The zero-order valence-electron chi connectivity index (χ0n) is 10.8. The van der Waals surface area contributed by atoms with Crippen LogP contribution in [0.15, 0.2) is 0 Å². The molecule has 0 spiro atoms. The Labute approximate surface area is 110 Å². The van der Waals surface area contributed by atoms with Crippen molar-refractivity contribution in [2.75, 3.05) is 5.75 Å². The van der Waals surface area contributed by atoms with Crippen molar-refractivity contribution in [1.82, 2.24) is 5.32 Å². The van der Waals surface area contributed by atoms with Crippen molar-refractivity contribution >= 4 is 22.7 Å². The van der Waals surface area contributed by atoms with Crippen LogP contribution in [0.1, 0.15) is 39.5 Å². The van der Waals surface area contributed by atoms with Crippen molar-refractivity contribution in [2.24, 2.45) is 5.92 Å². The second-order valence-corrected chi connectivity index (χ2v) is 6.78. The van der Waals surface area contributed by atoms with Gasteiger partial charge >= 0.3 is 5.97 Å². The number of carboxylic acids is 1. The van der Waals surface area contributed by atoms with Crippen molar-refractivity contribution in [3.63, 3.8) is 0 Å². The summed E-state index contributed by atoms with van der Waals surface area (Å²) >= 11 is 0. The van der Waals surface area contributed by atoms with E-state index < -0.39 is 28.7 Å². The first kappa shape index (κ1) is 15.1. The highest BCUT2D eigenvalue weighted by Gasteiger charge is 2.28. The van der Waals surface area contributed by atoms with Crippen LogP contribution in [0.5, 0.6) is 0 Å². The van der Waals surface area contributed by atoms with Crippen LogP contribution < -0.4 is 5.32 Å². The molecule has 0 radical (unpaired) electrons. The molecule has 1 saturated carbocycles. The predicted molar refractivity (Wildman–Crippen MR) is 69.7 cm³/mol. The summed E-state index contributed by atoms with van der Waals surface area (Å²) < 4.78 is 12.1. The lowest BCUT2D eigenvalue weighted by Crippen LogP contribution is -2.44. The van der Waals surface area contributed by atoms with Gasteiger partial charge < -0.3 is 10.4 Å². The van der Waals surface area contributed by atoms with Crippen LogP contribution >= 0.6 is 0 Å². The van der Waals surface area contributed by atoms with Gasteiger partial charge in [-0.25, -0.2) is 4.79 Å². The SMILES string of the molecule is CC(=O)N[C@@H](CS(=O)C1CCC(C)CC1)C(=O)O. The number of carboxylic acid groups (broad SMARTS) is 1. The summed E-state index contributed by atoms with van der Waals surface area (Å²) in [5.74, 6) is -0.850. The summed E-state index contributed by atoms with van der Waals surface area (Å²) in [6, 6.07) is -1.04. The third kappa shape index (κ3) is 4.76. The van der Waals surface area contributed by atoms with E-state index >= 15 is 0 Å². The molecule has 0 heterocycles.